The number of carbonyl (C=O) groups is 2. The van der Waals surface area contributed by atoms with Crippen molar-refractivity contribution in [2.45, 2.75) is 168 Å². The van der Waals surface area contributed by atoms with Crippen LogP contribution >= 0.6 is 0 Å². The highest BCUT2D eigenvalue weighted by Crippen LogP contribution is 2.40. The van der Waals surface area contributed by atoms with Gasteiger partial charge in [-0.3, -0.25) is 9.59 Å². The molecule has 0 bridgehead atoms. The average molecular weight is 597 g/mol. The predicted octanol–water partition coefficient (Wildman–Crippen LogP) is 9.62. The fraction of sp³-hybridized carbons (Fsp3) is 0.879. The van der Waals surface area contributed by atoms with Crippen molar-refractivity contribution in [2.24, 2.45) is 11.8 Å². The van der Waals surface area contributed by atoms with Gasteiger partial charge in [0, 0.05) is 24.7 Å². The summed E-state index contributed by atoms with van der Waals surface area (Å²) in [7, 11) is -2.13. The molecule has 4 atom stereocenters. The van der Waals surface area contributed by atoms with E-state index in [0.717, 1.165) is 74.8 Å². The number of methoxy groups -OCH3 is 1. The van der Waals surface area contributed by atoms with Crippen LogP contribution in [0.4, 0.5) is 0 Å². The largest absolute Gasteiger partial charge is 0.469 e. The van der Waals surface area contributed by atoms with Gasteiger partial charge in [0.1, 0.15) is 5.78 Å². The van der Waals surface area contributed by atoms with E-state index in [1.54, 1.807) is 0 Å². The molecule has 1 saturated carbocycles. The number of hydrogen-bond acceptors (Lipinski definition) is 5. The topological polar surface area (TPSA) is 61.8 Å². The van der Waals surface area contributed by atoms with E-state index in [1.165, 1.54) is 26.4 Å². The van der Waals surface area contributed by atoms with Gasteiger partial charge in [-0.1, -0.05) is 99.1 Å². The molecule has 1 aliphatic rings. The number of rotatable bonds is 23. The van der Waals surface area contributed by atoms with Gasteiger partial charge in [0.2, 0.25) is 0 Å². The Morgan fingerprint density at radius 2 is 1.45 bits per heavy atom. The Morgan fingerprint density at radius 3 is 2.00 bits per heavy atom. The molecule has 5 nitrogen and oxygen atoms in total. The third kappa shape index (κ3) is 11.8. The lowest BCUT2D eigenvalue weighted by molar-refractivity contribution is -0.140. The molecule has 0 aromatic heterocycles. The summed E-state index contributed by atoms with van der Waals surface area (Å²) in [5.74, 6) is 0.408. The first-order valence-corrected chi connectivity index (χ1v) is 21.9. The maximum Gasteiger partial charge on any atom is 0.305 e. The van der Waals surface area contributed by atoms with Crippen LogP contribution in [-0.4, -0.2) is 47.7 Å². The maximum absolute atomic E-state index is 13.4. The Morgan fingerprint density at radius 1 is 0.850 bits per heavy atom. The third-order valence-electron chi connectivity index (χ3n) is 9.89. The fourth-order valence-electron chi connectivity index (χ4n) is 6.46. The van der Waals surface area contributed by atoms with E-state index in [9.17, 15) is 9.59 Å². The molecular weight excluding hydrogens is 533 g/mol. The summed E-state index contributed by atoms with van der Waals surface area (Å²) in [6, 6.07) is 6.77. The van der Waals surface area contributed by atoms with Crippen LogP contribution in [0.2, 0.25) is 36.3 Å². The second-order valence-electron chi connectivity index (χ2n) is 12.1. The van der Waals surface area contributed by atoms with Crippen molar-refractivity contribution >= 4 is 28.4 Å². The number of carbonyl (C=O) groups excluding carboxylic acids is 2. The highest BCUT2D eigenvalue weighted by atomic mass is 28.4. The summed E-state index contributed by atoms with van der Waals surface area (Å²) in [6.07, 6.45) is 15.4. The van der Waals surface area contributed by atoms with Crippen molar-refractivity contribution in [2.75, 3.05) is 7.11 Å². The van der Waals surface area contributed by atoms with Crippen LogP contribution in [0.3, 0.4) is 0 Å². The molecule has 0 amide bonds. The van der Waals surface area contributed by atoms with Crippen LogP contribution in [0, 0.1) is 11.8 Å². The lowest BCUT2D eigenvalue weighted by Crippen LogP contribution is -2.41. The van der Waals surface area contributed by atoms with Crippen molar-refractivity contribution in [3.63, 3.8) is 0 Å². The van der Waals surface area contributed by atoms with Crippen LogP contribution in [0.25, 0.3) is 0 Å². The SMILES string of the molecule is CCCCC[C@@H](/C=C/[C@H]1[C@H](O[Si](CC)(CC)CC)CC(=O)[C@@H]1CCCCCCC(=O)OC)O[Si](CC)(CC)CC. The van der Waals surface area contributed by atoms with Crippen LogP contribution in [0.15, 0.2) is 12.2 Å². The molecule has 0 unspecified atom stereocenters. The summed E-state index contributed by atoms with van der Waals surface area (Å²) in [4.78, 5) is 24.9. The van der Waals surface area contributed by atoms with Crippen LogP contribution in [-0.2, 0) is 23.2 Å². The van der Waals surface area contributed by atoms with Crippen molar-refractivity contribution in [1.29, 1.82) is 0 Å². The van der Waals surface area contributed by atoms with E-state index in [2.05, 4.69) is 60.6 Å². The predicted molar refractivity (Wildman–Crippen MR) is 174 cm³/mol. The molecule has 7 heteroatoms. The molecule has 0 aliphatic heterocycles. The molecule has 0 saturated heterocycles. The normalized spacial score (nSPS) is 20.9. The van der Waals surface area contributed by atoms with E-state index in [1.807, 2.05) is 0 Å². The van der Waals surface area contributed by atoms with Gasteiger partial charge < -0.3 is 13.6 Å². The summed E-state index contributed by atoms with van der Waals surface area (Å²) < 4.78 is 18.8. The second kappa shape index (κ2) is 20.2. The summed E-state index contributed by atoms with van der Waals surface area (Å²) in [5, 5.41) is 0. The van der Waals surface area contributed by atoms with E-state index in [4.69, 9.17) is 13.6 Å². The number of hydrogen-bond donors (Lipinski definition) is 0. The van der Waals surface area contributed by atoms with Gasteiger partial charge >= 0.3 is 5.97 Å². The molecule has 234 valence electrons. The molecule has 0 heterocycles. The number of esters is 1. The zero-order valence-electron chi connectivity index (χ0n) is 27.5. The van der Waals surface area contributed by atoms with Gasteiger partial charge in [0.15, 0.2) is 16.6 Å². The highest BCUT2D eigenvalue weighted by Gasteiger charge is 2.45. The van der Waals surface area contributed by atoms with E-state index < -0.39 is 16.6 Å². The van der Waals surface area contributed by atoms with Gasteiger partial charge in [0.25, 0.3) is 0 Å². The highest BCUT2D eigenvalue weighted by molar-refractivity contribution is 6.74. The van der Waals surface area contributed by atoms with Gasteiger partial charge in [0.05, 0.1) is 19.3 Å². The first-order chi connectivity index (χ1) is 19.2. The lowest BCUT2D eigenvalue weighted by Gasteiger charge is -2.35. The third-order valence-corrected chi connectivity index (χ3v) is 19.2. The van der Waals surface area contributed by atoms with E-state index >= 15 is 0 Å². The van der Waals surface area contributed by atoms with Crippen LogP contribution < -0.4 is 0 Å². The number of Topliss-reactive ketones (excluding diaryl/α,β-unsaturated/α-hetero) is 1. The lowest BCUT2D eigenvalue weighted by atomic mass is 9.88. The molecule has 0 aromatic carbocycles. The summed E-state index contributed by atoms with van der Waals surface area (Å²) >= 11 is 0. The zero-order valence-corrected chi connectivity index (χ0v) is 29.5. The molecule has 40 heavy (non-hydrogen) atoms. The summed E-state index contributed by atoms with van der Waals surface area (Å²) in [5.41, 5.74) is 0. The Balaban J connectivity index is 3.14. The Hall–Kier alpha value is -0.766. The number of ether oxygens (including phenoxy) is 1. The molecule has 0 radical (unpaired) electrons. The number of unbranched alkanes of at least 4 members (excludes halogenated alkanes) is 5. The van der Waals surface area contributed by atoms with Crippen molar-refractivity contribution in [1.82, 2.24) is 0 Å². The summed E-state index contributed by atoms with van der Waals surface area (Å²) in [6.45, 7) is 16.0. The van der Waals surface area contributed by atoms with Crippen molar-refractivity contribution in [3.8, 4) is 0 Å². The standard InChI is InChI=1S/C33H64O5Si2/c1-9-16-19-22-28(37-39(10-2,11-3)12-4)25-26-30-29(23-20-17-18-21-24-33(35)36-8)31(34)27-32(30)38-40(13-5,14-6)15-7/h25-26,28-30,32H,9-24,27H2,1-8H3/b26-25+/t28-,29+,30+,32+/m0/s1. The Kier molecular flexibility index (Phi) is 18.8. The molecule has 0 N–H and O–H groups in total. The fourth-order valence-corrected chi connectivity index (χ4v) is 12.2. The first kappa shape index (κ1) is 37.3. The minimum Gasteiger partial charge on any atom is -0.469 e. The van der Waals surface area contributed by atoms with Crippen molar-refractivity contribution < 1.29 is 23.2 Å². The number of ketones is 1. The Labute approximate surface area is 249 Å². The monoisotopic (exact) mass is 596 g/mol. The smallest absolute Gasteiger partial charge is 0.305 e. The molecule has 1 aliphatic carbocycles. The van der Waals surface area contributed by atoms with Gasteiger partial charge in [-0.15, -0.1) is 0 Å². The molecule has 0 spiro atoms. The molecular formula is C33H64O5Si2. The second-order valence-corrected chi connectivity index (χ2v) is 21.5. The first-order valence-electron chi connectivity index (χ1n) is 16.9. The quantitative estimate of drug-likeness (QED) is 0.0508. The van der Waals surface area contributed by atoms with Gasteiger partial charge in [-0.2, -0.15) is 0 Å². The van der Waals surface area contributed by atoms with Gasteiger partial charge in [-0.05, 0) is 55.5 Å². The molecule has 1 rings (SSSR count). The molecule has 0 aromatic rings. The minimum absolute atomic E-state index is 0.00131. The Bertz CT molecular complexity index is 716. The minimum atomic E-state index is -1.84. The van der Waals surface area contributed by atoms with E-state index in [-0.39, 0.29) is 30.0 Å². The van der Waals surface area contributed by atoms with Gasteiger partial charge in [-0.25, -0.2) is 0 Å². The zero-order chi connectivity index (χ0) is 30.0. The van der Waals surface area contributed by atoms with E-state index in [0.29, 0.717) is 18.6 Å². The van der Waals surface area contributed by atoms with Crippen LogP contribution in [0.1, 0.15) is 119 Å². The maximum atomic E-state index is 13.4. The van der Waals surface area contributed by atoms with Crippen LogP contribution in [0.5, 0.6) is 0 Å². The average Bonchev–Trinajstić information content (AvgIpc) is 3.27. The van der Waals surface area contributed by atoms with Crippen molar-refractivity contribution in [3.05, 3.63) is 12.2 Å². The molecule has 1 fully saturated rings.